The number of hydrogen-bond donors (Lipinski definition) is 4. The molecule has 2 aromatic rings. The predicted molar refractivity (Wildman–Crippen MR) is 99.8 cm³/mol. The lowest BCUT2D eigenvalue weighted by molar-refractivity contribution is -0.345. The van der Waals surface area contributed by atoms with E-state index in [1.807, 2.05) is 24.4 Å². The molecule has 0 amide bonds. The van der Waals surface area contributed by atoms with Crippen molar-refractivity contribution in [3.8, 4) is 11.5 Å². The van der Waals surface area contributed by atoms with Gasteiger partial charge in [-0.2, -0.15) is 13.2 Å². The third-order valence-electron chi connectivity index (χ3n) is 4.55. The molecule has 0 aliphatic carbocycles. The summed E-state index contributed by atoms with van der Waals surface area (Å²) in [6.07, 6.45) is -1.51. The smallest absolute Gasteiger partial charge is 0.430 e. The van der Waals surface area contributed by atoms with Crippen molar-refractivity contribution in [3.63, 3.8) is 0 Å². The highest BCUT2D eigenvalue weighted by molar-refractivity contribution is 6.02. The Kier molecular flexibility index (Phi) is 5.95. The molecule has 4 N–H and O–H groups in total. The molecule has 7 nitrogen and oxygen atoms in total. The Morgan fingerprint density at radius 1 is 1.23 bits per heavy atom. The summed E-state index contributed by atoms with van der Waals surface area (Å²) < 4.78 is 31.5. The topological polar surface area (TPSA) is 119 Å². The second-order valence-electron chi connectivity index (χ2n) is 6.62. The van der Waals surface area contributed by atoms with Gasteiger partial charge in [0.25, 0.3) is 5.69 Å². The van der Waals surface area contributed by atoms with E-state index < -0.39 is 12.1 Å². The van der Waals surface area contributed by atoms with E-state index in [4.69, 9.17) is 9.90 Å². The molecule has 2 aromatic carbocycles. The predicted octanol–water partition coefficient (Wildman–Crippen LogP) is -0.978. The van der Waals surface area contributed by atoms with Gasteiger partial charge in [-0.15, -0.1) is 0 Å². The maximum absolute atomic E-state index is 10.5. The van der Waals surface area contributed by atoms with Crippen LogP contribution in [0.2, 0.25) is 0 Å². The van der Waals surface area contributed by atoms with Crippen LogP contribution >= 0.6 is 0 Å². The zero-order valence-corrected chi connectivity index (χ0v) is 15.6. The highest BCUT2D eigenvalue weighted by Gasteiger charge is 2.28. The molecule has 2 aliphatic rings. The van der Waals surface area contributed by atoms with Crippen molar-refractivity contribution in [1.29, 1.82) is 0 Å². The summed E-state index contributed by atoms with van der Waals surface area (Å²) in [5, 5.41) is 33.8. The van der Waals surface area contributed by atoms with Crippen LogP contribution in [0.3, 0.4) is 0 Å². The molecule has 0 spiro atoms. The Labute approximate surface area is 168 Å². The van der Waals surface area contributed by atoms with E-state index in [-0.39, 0.29) is 11.5 Å². The van der Waals surface area contributed by atoms with Gasteiger partial charge in [0.2, 0.25) is 5.75 Å². The molecule has 2 aliphatic heterocycles. The molecule has 0 unspecified atom stereocenters. The first kappa shape index (κ1) is 21.2. The summed E-state index contributed by atoms with van der Waals surface area (Å²) in [6, 6.07) is 9.09. The van der Waals surface area contributed by atoms with Crippen molar-refractivity contribution in [2.24, 2.45) is 4.99 Å². The van der Waals surface area contributed by atoms with Gasteiger partial charge in [-0.05, 0) is 36.6 Å². The number of hydrogen-bond acceptors (Lipinski definition) is 6. The minimum Gasteiger partial charge on any atom is -0.542 e. The lowest BCUT2D eigenvalue weighted by atomic mass is 10.1. The van der Waals surface area contributed by atoms with Crippen LogP contribution < -0.4 is 26.0 Å². The number of carboxylic acids is 1. The molecule has 0 fully saturated rings. The maximum Gasteiger partial charge on any atom is 0.430 e. The molecule has 0 bridgehead atoms. The van der Waals surface area contributed by atoms with Gasteiger partial charge in [0, 0.05) is 18.7 Å². The van der Waals surface area contributed by atoms with Gasteiger partial charge in [0.15, 0.2) is 6.21 Å². The SMILES string of the molecule is O=C([O-])C(F)(F)F.Oc1ccc(CCNc2cc3c4c(c2O)[NH+]=CC=4CCN=3)cc1. The number of phenolic OH excluding ortho intramolecular Hbond substituents is 2. The molecule has 10 heteroatoms. The van der Waals surface area contributed by atoms with Crippen molar-refractivity contribution in [1.82, 2.24) is 0 Å². The van der Waals surface area contributed by atoms with Crippen molar-refractivity contribution in [2.75, 3.05) is 18.4 Å². The number of halogens is 3. The standard InChI is InChI=1S/C18H17N3O2.C2HF3O2/c22-13-3-1-11(2-4-13)5-7-20-15-9-14-16-12(6-8-19-14)10-21-17(16)18(15)23;3-2(4,5)1(6)7/h1-4,9-10,20,22-23H,5-8H2;(H,6,7). The Hall–Kier alpha value is -3.56. The highest BCUT2D eigenvalue weighted by Crippen LogP contribution is 2.26. The zero-order chi connectivity index (χ0) is 21.9. The van der Waals surface area contributed by atoms with E-state index in [0.717, 1.165) is 41.2 Å². The van der Waals surface area contributed by atoms with Gasteiger partial charge in [0.05, 0.1) is 16.3 Å². The first-order valence-corrected chi connectivity index (χ1v) is 9.00. The van der Waals surface area contributed by atoms with Crippen LogP contribution in [0.25, 0.3) is 5.57 Å². The van der Waals surface area contributed by atoms with E-state index in [2.05, 4.69) is 15.3 Å². The third kappa shape index (κ3) is 4.70. The van der Waals surface area contributed by atoms with Crippen molar-refractivity contribution < 1.29 is 38.3 Å². The minimum atomic E-state index is -5.19. The van der Waals surface area contributed by atoms with E-state index in [1.165, 1.54) is 5.57 Å². The summed E-state index contributed by atoms with van der Waals surface area (Å²) in [6.45, 7) is 1.48. The van der Waals surface area contributed by atoms with E-state index in [9.17, 15) is 23.4 Å². The molecule has 0 aromatic heterocycles. The second-order valence-corrected chi connectivity index (χ2v) is 6.62. The molecule has 158 valence electrons. The molecule has 2 heterocycles. The lowest BCUT2D eigenvalue weighted by Crippen LogP contribution is -2.61. The van der Waals surface area contributed by atoms with Gasteiger partial charge in [-0.1, -0.05) is 12.1 Å². The van der Waals surface area contributed by atoms with Crippen LogP contribution in [-0.2, 0) is 11.2 Å². The van der Waals surface area contributed by atoms with E-state index in [1.54, 1.807) is 12.1 Å². The summed E-state index contributed by atoms with van der Waals surface area (Å²) in [7, 11) is 0. The Morgan fingerprint density at radius 2 is 1.90 bits per heavy atom. The number of rotatable bonds is 4. The van der Waals surface area contributed by atoms with Crippen LogP contribution in [0.4, 0.5) is 24.5 Å². The average Bonchev–Trinajstić information content (AvgIpc) is 3.13. The number of benzene rings is 2. The van der Waals surface area contributed by atoms with Crippen molar-refractivity contribution in [2.45, 2.75) is 19.0 Å². The van der Waals surface area contributed by atoms with Crippen molar-refractivity contribution in [3.05, 3.63) is 46.5 Å². The van der Waals surface area contributed by atoms with Crippen LogP contribution in [0.1, 0.15) is 12.0 Å². The van der Waals surface area contributed by atoms with Crippen molar-refractivity contribution >= 4 is 29.1 Å². The van der Waals surface area contributed by atoms with Gasteiger partial charge in [-0.3, -0.25) is 4.99 Å². The number of nitrogens with one attached hydrogen (secondary N) is 2. The number of aliphatic carboxylic acids is 1. The van der Waals surface area contributed by atoms with Gasteiger partial charge < -0.3 is 25.4 Å². The van der Waals surface area contributed by atoms with Crippen LogP contribution in [0, 0.1) is 0 Å². The minimum absolute atomic E-state index is 0.248. The fourth-order valence-corrected chi connectivity index (χ4v) is 3.11. The lowest BCUT2D eigenvalue weighted by Gasteiger charge is -2.10. The fourth-order valence-electron chi connectivity index (χ4n) is 3.11. The van der Waals surface area contributed by atoms with Crippen LogP contribution in [-0.4, -0.2) is 41.7 Å². The first-order valence-electron chi connectivity index (χ1n) is 9.00. The van der Waals surface area contributed by atoms with E-state index in [0.29, 0.717) is 12.2 Å². The van der Waals surface area contributed by atoms with Gasteiger partial charge >= 0.3 is 6.18 Å². The molecule has 0 saturated carbocycles. The molecule has 4 rings (SSSR count). The van der Waals surface area contributed by atoms with Crippen LogP contribution in [0.15, 0.2) is 35.3 Å². The quantitative estimate of drug-likeness (QED) is 0.474. The number of carboxylic acid groups (broad SMARTS) is 1. The van der Waals surface area contributed by atoms with Gasteiger partial charge in [0.1, 0.15) is 11.7 Å². The number of nitrogens with zero attached hydrogens (tertiary/aromatic N) is 1. The molecule has 0 radical (unpaired) electrons. The molecule has 0 saturated heterocycles. The average molecular weight is 421 g/mol. The maximum atomic E-state index is 10.5. The second kappa shape index (κ2) is 8.44. The third-order valence-corrected chi connectivity index (χ3v) is 4.55. The van der Waals surface area contributed by atoms with E-state index >= 15 is 0 Å². The normalized spacial score (nSPS) is 13.8. The summed E-state index contributed by atoms with van der Waals surface area (Å²) in [5.41, 5.74) is 3.80. The molecule has 30 heavy (non-hydrogen) atoms. The highest BCUT2D eigenvalue weighted by atomic mass is 19.4. The molecular weight excluding hydrogens is 403 g/mol. The van der Waals surface area contributed by atoms with Crippen LogP contribution in [0.5, 0.6) is 11.5 Å². The molecule has 0 atom stereocenters. The number of anilines is 1. The Balaban J connectivity index is 0.000000318. The Bertz CT molecular complexity index is 1110. The number of aromatic hydroxyl groups is 2. The number of carbonyl (C=O) groups excluding carboxylic acids is 1. The first-order chi connectivity index (χ1) is 14.2. The largest absolute Gasteiger partial charge is 0.542 e. The zero-order valence-electron chi connectivity index (χ0n) is 15.6. The number of phenols is 2. The number of carbonyl (C=O) groups is 1. The summed E-state index contributed by atoms with van der Waals surface area (Å²) >= 11 is 0. The number of alkyl halides is 3. The molecular formula is C20H18F3N3O4. The summed E-state index contributed by atoms with van der Waals surface area (Å²) in [4.78, 5) is 16.5. The Morgan fingerprint density at radius 3 is 2.53 bits per heavy atom. The fraction of sp³-hybridized carbons (Fsp3) is 0.250. The van der Waals surface area contributed by atoms with Gasteiger partial charge in [-0.25, -0.2) is 4.99 Å². The summed E-state index contributed by atoms with van der Waals surface area (Å²) in [5.74, 6) is -2.49. The monoisotopic (exact) mass is 421 g/mol.